The van der Waals surface area contributed by atoms with Crippen molar-refractivity contribution in [3.8, 4) is 0 Å². The smallest absolute Gasteiger partial charge is 0.192 e. The van der Waals surface area contributed by atoms with Crippen LogP contribution in [0.25, 0.3) is 11.1 Å². The molecule has 3 aromatic rings. The number of rotatable bonds is 4. The molecule has 2 aromatic heterocycles. The molecular weight excluding hydrogens is 254 g/mol. The van der Waals surface area contributed by atoms with E-state index >= 15 is 0 Å². The molecule has 0 saturated heterocycles. The molecule has 0 fully saturated rings. The van der Waals surface area contributed by atoms with E-state index in [4.69, 9.17) is 10.2 Å². The normalized spacial score (nSPS) is 10.9. The minimum Gasteiger partial charge on any atom is -0.441 e. The lowest BCUT2D eigenvalue weighted by Crippen LogP contribution is -2.07. The molecule has 6 heteroatoms. The number of nitrogens with two attached hydrogens (primary N) is 1. The van der Waals surface area contributed by atoms with E-state index in [1.807, 2.05) is 31.2 Å². The lowest BCUT2D eigenvalue weighted by molar-refractivity contribution is 0.561. The van der Waals surface area contributed by atoms with Crippen LogP contribution < -0.4 is 11.1 Å². The van der Waals surface area contributed by atoms with Crippen LogP contribution in [0.2, 0.25) is 0 Å². The molecule has 0 amide bonds. The quantitative estimate of drug-likeness (QED) is 0.754. The molecular formula is C14H15N5O. The van der Waals surface area contributed by atoms with E-state index in [0.717, 1.165) is 28.4 Å². The van der Waals surface area contributed by atoms with Gasteiger partial charge < -0.3 is 15.5 Å². The summed E-state index contributed by atoms with van der Waals surface area (Å²) in [6.45, 7) is 2.36. The Balaban J connectivity index is 1.86. The van der Waals surface area contributed by atoms with Gasteiger partial charge in [-0.05, 0) is 24.7 Å². The zero-order valence-electron chi connectivity index (χ0n) is 11.1. The van der Waals surface area contributed by atoms with Crippen LogP contribution in [0.15, 0.2) is 34.9 Å². The number of hydrogen-bond donors (Lipinski definition) is 2. The topological polar surface area (TPSA) is 89.9 Å². The molecule has 6 nitrogen and oxygen atoms in total. The highest BCUT2D eigenvalue weighted by Crippen LogP contribution is 2.22. The van der Waals surface area contributed by atoms with Crippen LogP contribution in [0, 0.1) is 6.92 Å². The van der Waals surface area contributed by atoms with E-state index in [1.165, 1.54) is 0 Å². The van der Waals surface area contributed by atoms with Crippen LogP contribution in [-0.2, 0) is 6.42 Å². The molecule has 102 valence electrons. The van der Waals surface area contributed by atoms with Crippen LogP contribution in [0.3, 0.4) is 0 Å². The molecule has 0 aliphatic heterocycles. The zero-order valence-corrected chi connectivity index (χ0v) is 11.1. The van der Waals surface area contributed by atoms with Crippen molar-refractivity contribution in [1.29, 1.82) is 0 Å². The fourth-order valence-corrected chi connectivity index (χ4v) is 1.98. The Labute approximate surface area is 116 Å². The minimum absolute atomic E-state index is 0.534. The predicted octanol–water partition coefficient (Wildman–Crippen LogP) is 2.17. The summed E-state index contributed by atoms with van der Waals surface area (Å²) in [5.74, 6) is 2.12. The highest BCUT2D eigenvalue weighted by Gasteiger charge is 2.04. The average Bonchev–Trinajstić information content (AvgIpc) is 2.79. The van der Waals surface area contributed by atoms with E-state index in [9.17, 15) is 0 Å². The fourth-order valence-electron chi connectivity index (χ4n) is 1.98. The summed E-state index contributed by atoms with van der Waals surface area (Å²) in [6.07, 6.45) is 2.38. The van der Waals surface area contributed by atoms with Crippen LogP contribution >= 0.6 is 0 Å². The number of benzene rings is 1. The van der Waals surface area contributed by atoms with E-state index in [1.54, 1.807) is 6.20 Å². The van der Waals surface area contributed by atoms with Gasteiger partial charge in [0, 0.05) is 31.3 Å². The van der Waals surface area contributed by atoms with Crippen LogP contribution in [-0.4, -0.2) is 21.5 Å². The largest absolute Gasteiger partial charge is 0.441 e. The van der Waals surface area contributed by atoms with E-state index in [2.05, 4.69) is 20.3 Å². The fraction of sp³-hybridized carbons (Fsp3) is 0.214. The number of aromatic nitrogens is 3. The van der Waals surface area contributed by atoms with Gasteiger partial charge in [0.1, 0.15) is 17.2 Å². The third-order valence-corrected chi connectivity index (χ3v) is 2.84. The van der Waals surface area contributed by atoms with Crippen LogP contribution in [0.1, 0.15) is 11.7 Å². The minimum atomic E-state index is 0.534. The van der Waals surface area contributed by atoms with E-state index < -0.39 is 0 Å². The molecule has 3 N–H and O–H groups in total. The maximum atomic E-state index is 5.51. The second-order valence-electron chi connectivity index (χ2n) is 4.44. The Morgan fingerprint density at radius 1 is 1.25 bits per heavy atom. The molecule has 0 unspecified atom stereocenters. The van der Waals surface area contributed by atoms with Gasteiger partial charge in [0.25, 0.3) is 0 Å². The van der Waals surface area contributed by atoms with Crippen molar-refractivity contribution in [2.24, 2.45) is 5.73 Å². The molecule has 3 rings (SSSR count). The summed E-state index contributed by atoms with van der Waals surface area (Å²) in [7, 11) is 0. The Morgan fingerprint density at radius 2 is 2.15 bits per heavy atom. The monoisotopic (exact) mass is 269 g/mol. The summed E-state index contributed by atoms with van der Waals surface area (Å²) in [5.41, 5.74) is 8.00. The molecule has 0 atom stereocenters. The number of hydrogen-bond acceptors (Lipinski definition) is 6. The van der Waals surface area contributed by atoms with E-state index in [0.29, 0.717) is 18.9 Å². The number of nitrogens with one attached hydrogen (secondary N) is 1. The highest BCUT2D eigenvalue weighted by molar-refractivity contribution is 5.78. The number of nitrogens with zero attached hydrogens (tertiary/aromatic N) is 3. The first kappa shape index (κ1) is 12.6. The first-order chi connectivity index (χ1) is 9.74. The second kappa shape index (κ2) is 5.26. The van der Waals surface area contributed by atoms with Gasteiger partial charge >= 0.3 is 0 Å². The van der Waals surface area contributed by atoms with Gasteiger partial charge in [-0.15, -0.1) is 0 Å². The van der Waals surface area contributed by atoms with Crippen molar-refractivity contribution in [2.45, 2.75) is 13.3 Å². The average molecular weight is 269 g/mol. The van der Waals surface area contributed by atoms with Gasteiger partial charge in [-0.2, -0.15) is 0 Å². The van der Waals surface area contributed by atoms with Gasteiger partial charge in [0.2, 0.25) is 0 Å². The van der Waals surface area contributed by atoms with Crippen molar-refractivity contribution in [1.82, 2.24) is 15.0 Å². The maximum absolute atomic E-state index is 5.51. The van der Waals surface area contributed by atoms with E-state index in [-0.39, 0.29) is 0 Å². The standard InChI is InChI=1S/C14H15N5O/c1-9-17-11-3-2-10(8-12(11)20-9)18-14-5-7-16-13(19-14)4-6-15/h2-3,5,7-8H,4,6,15H2,1H3,(H,16,18,19). The van der Waals surface area contributed by atoms with Crippen molar-refractivity contribution < 1.29 is 4.42 Å². The molecule has 0 aliphatic rings. The van der Waals surface area contributed by atoms with Gasteiger partial charge in [-0.25, -0.2) is 15.0 Å². The number of fused-ring (bicyclic) bond motifs is 1. The number of anilines is 2. The first-order valence-electron chi connectivity index (χ1n) is 6.41. The van der Waals surface area contributed by atoms with Gasteiger partial charge in [-0.3, -0.25) is 0 Å². The summed E-state index contributed by atoms with van der Waals surface area (Å²) in [5, 5.41) is 3.22. The Bertz CT molecular complexity index is 737. The molecule has 0 spiro atoms. The number of oxazole rings is 1. The van der Waals surface area contributed by atoms with Crippen LogP contribution in [0.4, 0.5) is 11.5 Å². The second-order valence-corrected chi connectivity index (χ2v) is 4.44. The molecule has 0 bridgehead atoms. The Morgan fingerprint density at radius 3 is 3.00 bits per heavy atom. The molecule has 2 heterocycles. The van der Waals surface area contributed by atoms with Gasteiger partial charge in [0.15, 0.2) is 11.5 Å². The summed E-state index contributed by atoms with van der Waals surface area (Å²) < 4.78 is 5.51. The molecule has 0 aliphatic carbocycles. The predicted molar refractivity (Wildman–Crippen MR) is 76.8 cm³/mol. The Hall–Kier alpha value is -2.47. The number of aryl methyl sites for hydroxylation is 1. The van der Waals surface area contributed by atoms with Crippen LogP contribution in [0.5, 0.6) is 0 Å². The summed E-state index contributed by atoms with van der Waals surface area (Å²) >= 11 is 0. The highest BCUT2D eigenvalue weighted by atomic mass is 16.3. The van der Waals surface area contributed by atoms with Crippen molar-refractivity contribution in [3.05, 3.63) is 42.2 Å². The third kappa shape index (κ3) is 2.60. The molecule has 20 heavy (non-hydrogen) atoms. The first-order valence-corrected chi connectivity index (χ1v) is 6.41. The lowest BCUT2D eigenvalue weighted by atomic mass is 10.3. The molecule has 1 aromatic carbocycles. The van der Waals surface area contributed by atoms with Crippen molar-refractivity contribution in [2.75, 3.05) is 11.9 Å². The lowest BCUT2D eigenvalue weighted by Gasteiger charge is -2.06. The van der Waals surface area contributed by atoms with Gasteiger partial charge in [0.05, 0.1) is 0 Å². The maximum Gasteiger partial charge on any atom is 0.192 e. The van der Waals surface area contributed by atoms with Gasteiger partial charge in [-0.1, -0.05) is 0 Å². The third-order valence-electron chi connectivity index (χ3n) is 2.84. The molecule has 0 saturated carbocycles. The van der Waals surface area contributed by atoms with Crippen molar-refractivity contribution in [3.63, 3.8) is 0 Å². The zero-order chi connectivity index (χ0) is 13.9. The SMILES string of the molecule is Cc1nc2ccc(Nc3ccnc(CCN)n3)cc2o1. The Kier molecular flexibility index (Phi) is 3.30. The summed E-state index contributed by atoms with van der Waals surface area (Å²) in [6, 6.07) is 7.57. The summed E-state index contributed by atoms with van der Waals surface area (Å²) in [4.78, 5) is 12.8. The molecule has 0 radical (unpaired) electrons. The van der Waals surface area contributed by atoms with Crippen molar-refractivity contribution >= 4 is 22.6 Å².